The van der Waals surface area contributed by atoms with E-state index in [2.05, 4.69) is 28.4 Å². The Bertz CT molecular complexity index is 710. The van der Waals surface area contributed by atoms with E-state index in [1.807, 2.05) is 18.2 Å². The summed E-state index contributed by atoms with van der Waals surface area (Å²) in [4.78, 5) is 1.62. The molecule has 4 nitrogen and oxygen atoms in total. The molecule has 1 atom stereocenters. The monoisotopic (exact) mass is 348 g/mol. The van der Waals surface area contributed by atoms with E-state index in [0.29, 0.717) is 0 Å². The topological polar surface area (TPSA) is 28.9 Å². The Hall–Kier alpha value is -1.13. The van der Waals surface area contributed by atoms with Crippen molar-refractivity contribution in [2.24, 2.45) is 0 Å². The highest BCUT2D eigenvalue weighted by Gasteiger charge is 2.46. The van der Waals surface area contributed by atoms with Crippen molar-refractivity contribution in [1.29, 1.82) is 0 Å². The Morgan fingerprint density at radius 1 is 1.22 bits per heavy atom. The summed E-state index contributed by atoms with van der Waals surface area (Å²) in [6.45, 7) is 2.47. The van der Waals surface area contributed by atoms with E-state index >= 15 is 0 Å². The molecular weight excluding hydrogens is 325 g/mol. The van der Waals surface area contributed by atoms with Crippen molar-refractivity contribution in [3.63, 3.8) is 0 Å². The maximum atomic E-state index is 6.12. The van der Waals surface area contributed by atoms with Gasteiger partial charge in [0.25, 0.3) is 0 Å². The van der Waals surface area contributed by atoms with Crippen LogP contribution >= 0.6 is 6.42 Å². The highest BCUT2D eigenvalue weighted by Crippen LogP contribution is 2.66. The average Bonchev–Trinajstić information content (AvgIpc) is 3.23. The molecule has 6 heteroatoms. The largest absolute Gasteiger partial charge is 0.333 e. The number of allylic oxidation sites excluding steroid dienone is 3. The summed E-state index contributed by atoms with van der Waals surface area (Å²) in [5, 5.41) is 1.28. The third kappa shape index (κ3) is 2.47. The molecule has 1 aliphatic carbocycles. The second-order valence-corrected chi connectivity index (χ2v) is 9.99. The van der Waals surface area contributed by atoms with Crippen molar-refractivity contribution < 1.29 is 9.42 Å². The Morgan fingerprint density at radius 2 is 1.96 bits per heavy atom. The predicted molar refractivity (Wildman–Crippen MR) is 97.6 cm³/mol. The number of benzene rings is 1. The minimum atomic E-state index is -2.28. The van der Waals surface area contributed by atoms with Crippen molar-refractivity contribution in [2.75, 3.05) is 25.0 Å². The van der Waals surface area contributed by atoms with Crippen LogP contribution < -0.4 is 15.1 Å². The first-order valence-corrected chi connectivity index (χ1v) is 11.0. The van der Waals surface area contributed by atoms with Crippen LogP contribution in [0, 0.1) is 0 Å². The molecule has 2 N–H and O–H groups in total. The quantitative estimate of drug-likeness (QED) is 0.822. The van der Waals surface area contributed by atoms with Gasteiger partial charge in [-0.1, -0.05) is 24.3 Å². The van der Waals surface area contributed by atoms with Gasteiger partial charge in [-0.05, 0) is 30.4 Å². The molecule has 23 heavy (non-hydrogen) atoms. The van der Waals surface area contributed by atoms with Gasteiger partial charge in [-0.15, -0.1) is 0 Å². The Morgan fingerprint density at radius 3 is 2.65 bits per heavy atom. The first kappa shape index (κ1) is 15.4. The smallest absolute Gasteiger partial charge is 0.211 e. The first-order chi connectivity index (χ1) is 11.2. The van der Waals surface area contributed by atoms with E-state index < -0.39 is 6.42 Å². The lowest BCUT2D eigenvalue weighted by molar-refractivity contribution is -0.849. The van der Waals surface area contributed by atoms with Crippen molar-refractivity contribution in [3.8, 4) is 0 Å². The number of likely N-dealkylation sites (tertiary alicyclic amines) is 1. The standard InChI is InChI=1S/C17H22N3OPS/c1-21-22(23)17-15(18-20(22)14-8-3-2-4-9-14)10-7-11-16(17)19-12-5-6-13-19/h2-4,8-10,18H,5-7,11-13H2,1H3/p+1/t22-/m0/s1. The molecule has 2 aliphatic heterocycles. The number of hydrazine groups is 1. The molecule has 2 fully saturated rings. The number of quaternary nitrogens is 1. The van der Waals surface area contributed by atoms with E-state index in [0.717, 1.165) is 18.5 Å². The van der Waals surface area contributed by atoms with Gasteiger partial charge in [0, 0.05) is 26.4 Å². The molecule has 0 bridgehead atoms. The third-order valence-electron chi connectivity index (χ3n) is 4.94. The van der Waals surface area contributed by atoms with E-state index in [4.69, 9.17) is 16.3 Å². The van der Waals surface area contributed by atoms with Crippen LogP contribution in [0.1, 0.15) is 25.7 Å². The summed E-state index contributed by atoms with van der Waals surface area (Å²) in [7, 11) is 1.76. The zero-order chi connectivity index (χ0) is 15.9. The molecule has 4 rings (SSSR count). The Balaban J connectivity index is 1.83. The molecule has 122 valence electrons. The summed E-state index contributed by atoms with van der Waals surface area (Å²) < 4.78 is 8.10. The molecule has 0 aromatic heterocycles. The second-order valence-electron chi connectivity index (χ2n) is 6.26. The molecule has 0 amide bonds. The molecule has 0 spiro atoms. The zero-order valence-corrected chi connectivity index (χ0v) is 15.1. The lowest BCUT2D eigenvalue weighted by Crippen LogP contribution is -3.08. The van der Waals surface area contributed by atoms with Crippen LogP contribution in [-0.2, 0) is 16.3 Å². The third-order valence-corrected chi connectivity index (χ3v) is 8.85. The Kier molecular flexibility index (Phi) is 4.06. The van der Waals surface area contributed by atoms with Crippen molar-refractivity contribution in [1.82, 2.24) is 5.43 Å². The molecule has 2 saturated heterocycles. The number of para-hydroxylation sites is 1. The summed E-state index contributed by atoms with van der Waals surface area (Å²) in [6, 6.07) is 10.3. The average molecular weight is 348 g/mol. The molecule has 0 radical (unpaired) electrons. The minimum Gasteiger partial charge on any atom is -0.333 e. The molecule has 1 aromatic carbocycles. The summed E-state index contributed by atoms with van der Waals surface area (Å²) in [6.07, 6.45) is 4.85. The van der Waals surface area contributed by atoms with Gasteiger partial charge in [0.15, 0.2) is 0 Å². The van der Waals surface area contributed by atoms with Crippen LogP contribution in [0.4, 0.5) is 5.69 Å². The van der Waals surface area contributed by atoms with Gasteiger partial charge in [0.1, 0.15) is 11.0 Å². The molecule has 0 unspecified atom stereocenters. The summed E-state index contributed by atoms with van der Waals surface area (Å²) in [5.41, 5.74) is 7.30. The van der Waals surface area contributed by atoms with Crippen LogP contribution in [0.2, 0.25) is 0 Å². The van der Waals surface area contributed by atoms with E-state index in [1.165, 1.54) is 42.6 Å². The van der Waals surface area contributed by atoms with Crippen molar-refractivity contribution in [3.05, 3.63) is 53.1 Å². The highest BCUT2D eigenvalue weighted by atomic mass is 32.4. The summed E-state index contributed by atoms with van der Waals surface area (Å²) >= 11 is 6.12. The van der Waals surface area contributed by atoms with E-state index in [-0.39, 0.29) is 0 Å². The van der Waals surface area contributed by atoms with Crippen LogP contribution in [0.5, 0.6) is 0 Å². The van der Waals surface area contributed by atoms with Gasteiger partial charge in [0.2, 0.25) is 6.42 Å². The minimum absolute atomic E-state index is 1.08. The van der Waals surface area contributed by atoms with Gasteiger partial charge in [0.05, 0.1) is 24.5 Å². The van der Waals surface area contributed by atoms with Crippen LogP contribution in [0.25, 0.3) is 0 Å². The molecule has 3 aliphatic rings. The van der Waals surface area contributed by atoms with Crippen molar-refractivity contribution in [2.45, 2.75) is 25.7 Å². The van der Waals surface area contributed by atoms with Crippen LogP contribution in [0.15, 0.2) is 53.1 Å². The fraction of sp³-hybridized carbons (Fsp3) is 0.412. The fourth-order valence-corrected chi connectivity index (χ4v) is 7.16. The van der Waals surface area contributed by atoms with Crippen LogP contribution in [-0.4, -0.2) is 20.2 Å². The first-order valence-electron chi connectivity index (χ1n) is 8.31. The SMILES string of the molecule is CO[P@]1(=S)C2=C([NH+]3CCCC3)CCC=C2NN1c1ccccc1. The van der Waals surface area contributed by atoms with Crippen LogP contribution in [0.3, 0.4) is 0 Å². The van der Waals surface area contributed by atoms with Gasteiger partial charge in [-0.25, -0.2) is 4.78 Å². The number of anilines is 1. The van der Waals surface area contributed by atoms with Crippen molar-refractivity contribution >= 4 is 23.9 Å². The highest BCUT2D eigenvalue weighted by molar-refractivity contribution is 8.15. The molecule has 2 heterocycles. The predicted octanol–water partition coefficient (Wildman–Crippen LogP) is 2.54. The molecule has 1 aromatic rings. The maximum absolute atomic E-state index is 6.12. The lowest BCUT2D eigenvalue weighted by Gasteiger charge is -2.29. The zero-order valence-electron chi connectivity index (χ0n) is 13.4. The number of rotatable bonds is 3. The van der Waals surface area contributed by atoms with Gasteiger partial charge >= 0.3 is 0 Å². The van der Waals surface area contributed by atoms with E-state index in [9.17, 15) is 0 Å². The molecular formula is C17H23N3OPS+. The van der Waals surface area contributed by atoms with E-state index in [1.54, 1.807) is 12.0 Å². The summed E-state index contributed by atoms with van der Waals surface area (Å²) in [5.74, 6) is 0. The normalized spacial score (nSPS) is 27.9. The number of nitrogens with zero attached hydrogens (tertiary/aromatic N) is 1. The number of hydrogen-bond donors (Lipinski definition) is 2. The van der Waals surface area contributed by atoms with Gasteiger partial charge in [-0.2, -0.15) is 0 Å². The second kappa shape index (κ2) is 6.06. The maximum Gasteiger partial charge on any atom is 0.211 e. The van der Waals surface area contributed by atoms with Gasteiger partial charge < -0.3 is 9.42 Å². The lowest BCUT2D eigenvalue weighted by atomic mass is 10.1. The van der Waals surface area contributed by atoms with Gasteiger partial charge in [-0.3, -0.25) is 5.43 Å². The number of hydrogen-bond acceptors (Lipinski definition) is 3. The number of fused-ring (bicyclic) bond motifs is 1. The Labute approximate surface area is 142 Å². The number of nitrogens with one attached hydrogen (secondary N) is 2. The fourth-order valence-electron chi connectivity index (χ4n) is 3.85. The molecule has 0 saturated carbocycles.